The summed E-state index contributed by atoms with van der Waals surface area (Å²) in [5.41, 5.74) is 5.05. The summed E-state index contributed by atoms with van der Waals surface area (Å²) in [4.78, 5) is 12.2. The van der Waals surface area contributed by atoms with Crippen molar-refractivity contribution in [2.45, 2.75) is 18.4 Å². The fraction of sp³-hybridized carbons (Fsp3) is 0.182. The second-order valence-corrected chi connectivity index (χ2v) is 7.67. The third kappa shape index (κ3) is 4.82. The molecule has 0 spiro atoms. The molecule has 0 amide bonds. The zero-order chi connectivity index (χ0) is 22.4. The molecule has 2 atom stereocenters. The zero-order valence-electron chi connectivity index (χ0n) is 16.5. The van der Waals surface area contributed by atoms with Crippen molar-refractivity contribution in [3.05, 3.63) is 75.6 Å². The van der Waals surface area contributed by atoms with Crippen LogP contribution in [0.2, 0.25) is 0 Å². The molecule has 2 aromatic carbocycles. The maximum absolute atomic E-state index is 14.6. The van der Waals surface area contributed by atoms with Gasteiger partial charge in [0.1, 0.15) is 23.6 Å². The van der Waals surface area contributed by atoms with Crippen molar-refractivity contribution in [2.24, 2.45) is 15.7 Å². The van der Waals surface area contributed by atoms with Crippen LogP contribution in [0.1, 0.15) is 29.0 Å². The smallest absolute Gasteiger partial charge is 0.129 e. The maximum atomic E-state index is 14.6. The predicted molar refractivity (Wildman–Crippen MR) is 117 cm³/mol. The van der Waals surface area contributed by atoms with Gasteiger partial charge in [-0.25, -0.2) is 18.8 Å². The van der Waals surface area contributed by atoms with E-state index in [-0.39, 0.29) is 12.1 Å². The standard InChI is InChI=1S/C22H19F2N5OS/c1-14(21-29-20(10-31-21)16-4-2-15(9-25)3-5-16)22(30,11-27-13-28-12-26)18-8-17(23)6-7-19(18)24/h2-8,10,12-14,30H,11H2,1H3,(H2,26,27,28)/t14?,22-/m1/s1. The minimum atomic E-state index is -1.88. The van der Waals surface area contributed by atoms with Gasteiger partial charge in [0, 0.05) is 22.4 Å². The van der Waals surface area contributed by atoms with Gasteiger partial charge in [-0.2, -0.15) is 5.26 Å². The lowest BCUT2D eigenvalue weighted by molar-refractivity contribution is 0.0185. The van der Waals surface area contributed by atoms with Crippen LogP contribution in [-0.4, -0.2) is 29.3 Å². The molecule has 0 saturated carbocycles. The van der Waals surface area contributed by atoms with E-state index in [0.29, 0.717) is 16.3 Å². The minimum Gasteiger partial charge on any atom is -0.390 e. The number of hydrogen-bond acceptors (Lipinski definition) is 5. The third-order valence-corrected chi connectivity index (χ3v) is 5.91. The topological polar surface area (TPSA) is 108 Å². The molecule has 0 aliphatic carbocycles. The Balaban J connectivity index is 2.00. The SMILES string of the molecule is CC(c1nc(-c2ccc(C#N)cc2)cs1)[C@](O)(CN=CN=CN)c1cc(F)ccc1F. The Hall–Kier alpha value is -3.48. The molecular formula is C22H19F2N5OS. The van der Waals surface area contributed by atoms with Crippen molar-refractivity contribution in [2.75, 3.05) is 6.54 Å². The van der Waals surface area contributed by atoms with E-state index >= 15 is 0 Å². The summed E-state index contributed by atoms with van der Waals surface area (Å²) in [6, 6.07) is 11.9. The first-order valence-electron chi connectivity index (χ1n) is 9.24. The molecule has 0 fully saturated rings. The molecule has 0 aliphatic heterocycles. The summed E-state index contributed by atoms with van der Waals surface area (Å²) in [7, 11) is 0. The molecular weight excluding hydrogens is 420 g/mol. The monoisotopic (exact) mass is 439 g/mol. The first-order valence-corrected chi connectivity index (χ1v) is 10.1. The molecule has 0 bridgehead atoms. The van der Waals surface area contributed by atoms with Crippen LogP contribution >= 0.6 is 11.3 Å². The number of halogens is 2. The molecule has 9 heteroatoms. The first-order chi connectivity index (χ1) is 14.9. The number of benzene rings is 2. The molecule has 3 rings (SSSR count). The van der Waals surface area contributed by atoms with Gasteiger partial charge in [0.05, 0.1) is 35.2 Å². The molecule has 31 heavy (non-hydrogen) atoms. The molecule has 0 radical (unpaired) electrons. The number of nitrogens with zero attached hydrogens (tertiary/aromatic N) is 4. The lowest BCUT2D eigenvalue weighted by Crippen LogP contribution is -2.36. The van der Waals surface area contributed by atoms with Crippen LogP contribution in [0.15, 0.2) is 57.8 Å². The van der Waals surface area contributed by atoms with E-state index in [2.05, 4.69) is 21.0 Å². The highest BCUT2D eigenvalue weighted by Gasteiger charge is 2.40. The molecule has 1 aromatic heterocycles. The third-order valence-electron chi connectivity index (χ3n) is 4.88. The largest absolute Gasteiger partial charge is 0.390 e. The Morgan fingerprint density at radius 3 is 2.71 bits per heavy atom. The molecule has 3 aromatic rings. The summed E-state index contributed by atoms with van der Waals surface area (Å²) in [5.74, 6) is -2.15. The summed E-state index contributed by atoms with van der Waals surface area (Å²) in [6.07, 6.45) is 2.17. The van der Waals surface area contributed by atoms with Gasteiger partial charge in [0.15, 0.2) is 0 Å². The fourth-order valence-electron chi connectivity index (χ4n) is 3.09. The lowest BCUT2D eigenvalue weighted by atomic mass is 9.82. The molecule has 1 unspecified atom stereocenters. The molecule has 0 aliphatic rings. The van der Waals surface area contributed by atoms with Gasteiger partial charge in [0.2, 0.25) is 0 Å². The molecule has 3 N–H and O–H groups in total. The second-order valence-electron chi connectivity index (χ2n) is 6.78. The van der Waals surface area contributed by atoms with Crippen molar-refractivity contribution in [1.29, 1.82) is 5.26 Å². The second kappa shape index (κ2) is 9.55. The van der Waals surface area contributed by atoms with E-state index < -0.39 is 23.2 Å². The Morgan fingerprint density at radius 2 is 2.03 bits per heavy atom. The van der Waals surface area contributed by atoms with Gasteiger partial charge in [-0.15, -0.1) is 11.3 Å². The number of nitriles is 1. The molecule has 1 heterocycles. The van der Waals surface area contributed by atoms with Crippen LogP contribution in [0.4, 0.5) is 8.78 Å². The highest BCUT2D eigenvalue weighted by molar-refractivity contribution is 7.10. The first kappa shape index (κ1) is 22.2. The summed E-state index contributed by atoms with van der Waals surface area (Å²) in [6.45, 7) is 1.39. The van der Waals surface area contributed by atoms with Crippen LogP contribution in [0.3, 0.4) is 0 Å². The lowest BCUT2D eigenvalue weighted by Gasteiger charge is -2.32. The minimum absolute atomic E-state index is 0.219. The van der Waals surface area contributed by atoms with Crippen LogP contribution < -0.4 is 5.73 Å². The highest BCUT2D eigenvalue weighted by Crippen LogP contribution is 2.40. The van der Waals surface area contributed by atoms with Gasteiger partial charge in [-0.3, -0.25) is 4.99 Å². The Labute approximate surface area is 182 Å². The van der Waals surface area contributed by atoms with E-state index in [0.717, 1.165) is 36.4 Å². The summed E-state index contributed by atoms with van der Waals surface area (Å²) < 4.78 is 28.5. The van der Waals surface area contributed by atoms with Crippen molar-refractivity contribution < 1.29 is 13.9 Å². The van der Waals surface area contributed by atoms with E-state index in [1.807, 2.05) is 0 Å². The van der Waals surface area contributed by atoms with Gasteiger partial charge in [0.25, 0.3) is 0 Å². The quantitative estimate of drug-likeness (QED) is 0.429. The number of aliphatic imine (C=N–C) groups is 2. The van der Waals surface area contributed by atoms with Crippen LogP contribution in [0, 0.1) is 23.0 Å². The Morgan fingerprint density at radius 1 is 1.29 bits per heavy atom. The van der Waals surface area contributed by atoms with Gasteiger partial charge >= 0.3 is 0 Å². The van der Waals surface area contributed by atoms with Gasteiger partial charge < -0.3 is 10.8 Å². The number of thiazole rings is 1. The summed E-state index contributed by atoms with van der Waals surface area (Å²) >= 11 is 1.28. The maximum Gasteiger partial charge on any atom is 0.129 e. The predicted octanol–water partition coefficient (Wildman–Crippen LogP) is 3.97. The number of aromatic nitrogens is 1. The zero-order valence-corrected chi connectivity index (χ0v) is 17.4. The van der Waals surface area contributed by atoms with Crippen molar-refractivity contribution >= 4 is 24.0 Å². The van der Waals surface area contributed by atoms with Crippen LogP contribution in [0.5, 0.6) is 0 Å². The number of rotatable bonds is 7. The molecule has 6 nitrogen and oxygen atoms in total. The Bertz CT molecular complexity index is 1150. The van der Waals surface area contributed by atoms with Gasteiger partial charge in [-0.1, -0.05) is 19.1 Å². The van der Waals surface area contributed by atoms with Crippen LogP contribution in [-0.2, 0) is 5.60 Å². The number of hydrogen-bond donors (Lipinski definition) is 2. The van der Waals surface area contributed by atoms with Crippen molar-refractivity contribution in [3.8, 4) is 17.3 Å². The fourth-order valence-corrected chi connectivity index (χ4v) is 4.06. The Kier molecular flexibility index (Phi) is 6.84. The van der Waals surface area contributed by atoms with E-state index in [1.165, 1.54) is 11.3 Å². The molecule has 158 valence electrons. The van der Waals surface area contributed by atoms with Crippen molar-refractivity contribution in [3.63, 3.8) is 0 Å². The van der Waals surface area contributed by atoms with Crippen molar-refractivity contribution in [1.82, 2.24) is 4.98 Å². The van der Waals surface area contributed by atoms with Gasteiger partial charge in [-0.05, 0) is 30.3 Å². The number of aliphatic hydroxyl groups is 1. The highest BCUT2D eigenvalue weighted by atomic mass is 32.1. The van der Waals surface area contributed by atoms with E-state index in [4.69, 9.17) is 11.0 Å². The van der Waals surface area contributed by atoms with E-state index in [9.17, 15) is 13.9 Å². The average molecular weight is 439 g/mol. The molecule has 0 saturated heterocycles. The normalized spacial score (nSPS) is 14.5. The number of nitrogens with two attached hydrogens (primary N) is 1. The average Bonchev–Trinajstić information content (AvgIpc) is 3.28. The summed E-state index contributed by atoms with van der Waals surface area (Å²) in [5, 5.41) is 22.7. The van der Waals surface area contributed by atoms with Crippen LogP contribution in [0.25, 0.3) is 11.3 Å². The van der Waals surface area contributed by atoms with E-state index in [1.54, 1.807) is 36.6 Å².